The van der Waals surface area contributed by atoms with Crippen LogP contribution in [0.15, 0.2) is 47.6 Å². The van der Waals surface area contributed by atoms with Crippen LogP contribution >= 0.6 is 0 Å². The van der Waals surface area contributed by atoms with Crippen LogP contribution in [0.5, 0.6) is 11.5 Å². The zero-order valence-corrected chi connectivity index (χ0v) is 12.2. The van der Waals surface area contributed by atoms with Crippen LogP contribution in [0.3, 0.4) is 0 Å². The number of benzene rings is 2. The third kappa shape index (κ3) is 3.19. The monoisotopic (exact) mass is 301 g/mol. The Morgan fingerprint density at radius 2 is 1.91 bits per heavy atom. The number of rotatable bonds is 4. The van der Waals surface area contributed by atoms with E-state index in [1.807, 2.05) is 25.1 Å². The number of hydrogen-bond acceptors (Lipinski definition) is 4. The maximum absolute atomic E-state index is 13.5. The Labute approximate surface area is 128 Å². The molecule has 0 amide bonds. The summed E-state index contributed by atoms with van der Waals surface area (Å²) in [4.78, 5) is 5.24. The fourth-order valence-corrected chi connectivity index (χ4v) is 2.14. The van der Waals surface area contributed by atoms with Crippen LogP contribution in [0, 0.1) is 5.82 Å². The van der Waals surface area contributed by atoms with E-state index in [0.717, 1.165) is 11.3 Å². The second-order valence-corrected chi connectivity index (χ2v) is 4.90. The molecule has 3 rings (SSSR count). The Bertz CT molecular complexity index is 700. The van der Waals surface area contributed by atoms with Crippen molar-refractivity contribution < 1.29 is 18.7 Å². The van der Waals surface area contributed by atoms with E-state index in [1.54, 1.807) is 18.2 Å². The second-order valence-electron chi connectivity index (χ2n) is 4.90. The molecule has 0 spiro atoms. The first-order valence-corrected chi connectivity index (χ1v) is 7.04. The highest BCUT2D eigenvalue weighted by atomic mass is 19.1. The van der Waals surface area contributed by atoms with Crippen LogP contribution in [-0.4, -0.2) is 18.9 Å². The topological polar surface area (TPSA) is 40.0 Å². The molecular weight excluding hydrogens is 285 g/mol. The predicted molar refractivity (Wildman–Crippen MR) is 80.8 cm³/mol. The lowest BCUT2D eigenvalue weighted by molar-refractivity contribution is 0.128. The normalized spacial score (nSPS) is 13.8. The molecule has 1 aliphatic heterocycles. The van der Waals surface area contributed by atoms with Crippen LogP contribution in [0.2, 0.25) is 0 Å². The number of hydrogen-bond donors (Lipinski definition) is 0. The summed E-state index contributed by atoms with van der Waals surface area (Å²) in [6.45, 7) is 3.02. The summed E-state index contributed by atoms with van der Waals surface area (Å²) in [7, 11) is 0. The van der Waals surface area contributed by atoms with E-state index in [4.69, 9.17) is 14.3 Å². The van der Waals surface area contributed by atoms with E-state index < -0.39 is 0 Å². The lowest BCUT2D eigenvalue weighted by Gasteiger charge is -2.18. The summed E-state index contributed by atoms with van der Waals surface area (Å²) >= 11 is 0. The maximum atomic E-state index is 13.5. The van der Waals surface area contributed by atoms with E-state index in [2.05, 4.69) is 5.16 Å². The van der Waals surface area contributed by atoms with Crippen LogP contribution in [0.1, 0.15) is 18.1 Å². The van der Waals surface area contributed by atoms with Crippen molar-refractivity contribution in [1.82, 2.24) is 0 Å². The zero-order valence-electron chi connectivity index (χ0n) is 12.2. The van der Waals surface area contributed by atoms with Gasteiger partial charge in [0.1, 0.15) is 25.6 Å². The molecule has 0 aromatic heterocycles. The van der Waals surface area contributed by atoms with Gasteiger partial charge in [-0.1, -0.05) is 23.4 Å². The van der Waals surface area contributed by atoms with E-state index in [0.29, 0.717) is 30.2 Å². The van der Waals surface area contributed by atoms with Crippen molar-refractivity contribution >= 4 is 5.71 Å². The van der Waals surface area contributed by atoms with Crippen molar-refractivity contribution in [2.45, 2.75) is 13.5 Å². The molecule has 0 unspecified atom stereocenters. The Kier molecular flexibility index (Phi) is 4.23. The molecule has 0 atom stereocenters. The summed E-state index contributed by atoms with van der Waals surface area (Å²) in [5.74, 6) is 1.14. The van der Waals surface area contributed by atoms with Gasteiger partial charge in [-0.25, -0.2) is 4.39 Å². The van der Waals surface area contributed by atoms with Crippen molar-refractivity contribution in [3.8, 4) is 11.5 Å². The average Bonchev–Trinajstić information content (AvgIpc) is 2.56. The molecule has 0 bridgehead atoms. The Balaban J connectivity index is 1.68. The molecule has 2 aromatic rings. The van der Waals surface area contributed by atoms with Crippen LogP contribution < -0.4 is 9.47 Å². The first kappa shape index (κ1) is 14.4. The van der Waals surface area contributed by atoms with Gasteiger partial charge < -0.3 is 14.3 Å². The molecule has 114 valence electrons. The summed E-state index contributed by atoms with van der Waals surface area (Å²) in [5.41, 5.74) is 2.03. The molecule has 4 nitrogen and oxygen atoms in total. The Morgan fingerprint density at radius 3 is 2.73 bits per heavy atom. The highest BCUT2D eigenvalue weighted by molar-refractivity contribution is 5.98. The lowest BCUT2D eigenvalue weighted by atomic mass is 10.1. The minimum atomic E-state index is -0.297. The molecule has 2 aromatic carbocycles. The summed E-state index contributed by atoms with van der Waals surface area (Å²) < 4.78 is 24.5. The lowest BCUT2D eigenvalue weighted by Crippen LogP contribution is -2.15. The van der Waals surface area contributed by atoms with Crippen molar-refractivity contribution in [3.05, 3.63) is 59.4 Å². The highest BCUT2D eigenvalue weighted by Gasteiger charge is 2.12. The highest BCUT2D eigenvalue weighted by Crippen LogP contribution is 2.30. The smallest absolute Gasteiger partial charge is 0.162 e. The number of fused-ring (bicyclic) bond motifs is 1. The molecule has 0 saturated carbocycles. The van der Waals surface area contributed by atoms with Gasteiger partial charge in [0.25, 0.3) is 0 Å². The average molecular weight is 301 g/mol. The minimum absolute atomic E-state index is 0.0918. The second kappa shape index (κ2) is 6.47. The fraction of sp³-hybridized carbons (Fsp3) is 0.235. The largest absolute Gasteiger partial charge is 0.486 e. The van der Waals surface area contributed by atoms with Gasteiger partial charge >= 0.3 is 0 Å². The van der Waals surface area contributed by atoms with Gasteiger partial charge in [0.2, 0.25) is 0 Å². The van der Waals surface area contributed by atoms with Gasteiger partial charge in [-0.2, -0.15) is 0 Å². The summed E-state index contributed by atoms with van der Waals surface area (Å²) in [6, 6.07) is 12.1. The number of halogens is 1. The SMILES string of the molecule is C/C(=N/OCc1ccccc1F)c1ccc2c(c1)OCCO2. The predicted octanol–water partition coefficient (Wildman–Crippen LogP) is 3.54. The Morgan fingerprint density at radius 1 is 1.14 bits per heavy atom. The van der Waals surface area contributed by atoms with Crippen LogP contribution in [-0.2, 0) is 11.4 Å². The fourth-order valence-electron chi connectivity index (χ4n) is 2.14. The summed E-state index contributed by atoms with van der Waals surface area (Å²) in [5, 5.41) is 4.03. The third-order valence-electron chi connectivity index (χ3n) is 3.34. The molecule has 0 radical (unpaired) electrons. The Hall–Kier alpha value is -2.56. The molecule has 0 N–H and O–H groups in total. The van der Waals surface area contributed by atoms with Gasteiger partial charge in [0.05, 0.1) is 5.71 Å². The van der Waals surface area contributed by atoms with Crippen LogP contribution in [0.25, 0.3) is 0 Å². The van der Waals surface area contributed by atoms with Gasteiger partial charge in [0, 0.05) is 11.1 Å². The maximum Gasteiger partial charge on any atom is 0.162 e. The molecule has 22 heavy (non-hydrogen) atoms. The first-order chi connectivity index (χ1) is 10.7. The summed E-state index contributed by atoms with van der Waals surface area (Å²) in [6.07, 6.45) is 0. The number of ether oxygens (including phenoxy) is 2. The molecule has 0 fully saturated rings. The van der Waals surface area contributed by atoms with E-state index >= 15 is 0 Å². The van der Waals surface area contributed by atoms with E-state index in [9.17, 15) is 4.39 Å². The minimum Gasteiger partial charge on any atom is -0.486 e. The van der Waals surface area contributed by atoms with Gasteiger partial charge in [-0.3, -0.25) is 0 Å². The van der Waals surface area contributed by atoms with Crippen molar-refractivity contribution in [1.29, 1.82) is 0 Å². The van der Waals surface area contributed by atoms with E-state index in [-0.39, 0.29) is 12.4 Å². The standard InChI is InChI=1S/C17H16FNO3/c1-12(19-22-11-14-4-2-3-5-15(14)18)13-6-7-16-17(10-13)21-9-8-20-16/h2-7,10H,8-9,11H2,1H3/b19-12-. The quantitative estimate of drug-likeness (QED) is 0.640. The number of nitrogens with zero attached hydrogens (tertiary/aromatic N) is 1. The molecule has 5 heteroatoms. The first-order valence-electron chi connectivity index (χ1n) is 7.04. The van der Waals surface area contributed by atoms with Crippen molar-refractivity contribution in [2.75, 3.05) is 13.2 Å². The molecule has 0 aliphatic carbocycles. The van der Waals surface area contributed by atoms with E-state index in [1.165, 1.54) is 6.07 Å². The van der Waals surface area contributed by atoms with Gasteiger partial charge in [0.15, 0.2) is 11.5 Å². The van der Waals surface area contributed by atoms with Gasteiger partial charge in [-0.05, 0) is 31.2 Å². The molecular formula is C17H16FNO3. The van der Waals surface area contributed by atoms with Crippen LogP contribution in [0.4, 0.5) is 4.39 Å². The molecule has 1 heterocycles. The van der Waals surface area contributed by atoms with Crippen molar-refractivity contribution in [2.24, 2.45) is 5.16 Å². The number of oxime groups is 1. The molecule has 1 aliphatic rings. The van der Waals surface area contributed by atoms with Crippen molar-refractivity contribution in [3.63, 3.8) is 0 Å². The zero-order chi connectivity index (χ0) is 15.4. The van der Waals surface area contributed by atoms with Gasteiger partial charge in [-0.15, -0.1) is 0 Å². The third-order valence-corrected chi connectivity index (χ3v) is 3.34. The molecule has 0 saturated heterocycles.